The molecule has 1 fully saturated rings. The van der Waals surface area contributed by atoms with E-state index in [9.17, 15) is 14.7 Å². The van der Waals surface area contributed by atoms with Crippen LogP contribution >= 0.6 is 0 Å². The van der Waals surface area contributed by atoms with Gasteiger partial charge in [0, 0.05) is 18.2 Å². The highest BCUT2D eigenvalue weighted by Crippen LogP contribution is 2.27. The van der Waals surface area contributed by atoms with Crippen molar-refractivity contribution in [1.82, 2.24) is 9.55 Å². The number of amides is 1. The molecular weight excluding hydrogens is 326 g/mol. The summed E-state index contributed by atoms with van der Waals surface area (Å²) in [4.78, 5) is 28.2. The molecule has 8 nitrogen and oxygen atoms in total. The maximum atomic E-state index is 12.2. The number of anilines is 1. The molecule has 1 saturated heterocycles. The number of aryl methyl sites for hydroxylation is 1. The van der Waals surface area contributed by atoms with Gasteiger partial charge in [-0.3, -0.25) is 9.36 Å². The molecule has 0 unspecified atom stereocenters. The molecule has 2 heterocycles. The van der Waals surface area contributed by atoms with E-state index in [-0.39, 0.29) is 24.8 Å². The van der Waals surface area contributed by atoms with Crippen LogP contribution in [-0.4, -0.2) is 44.5 Å². The lowest BCUT2D eigenvalue weighted by atomic mass is 10.1. The zero-order valence-electron chi connectivity index (χ0n) is 13.6. The maximum Gasteiger partial charge on any atom is 0.351 e. The number of rotatable bonds is 4. The van der Waals surface area contributed by atoms with Gasteiger partial charge in [0.1, 0.15) is 18.1 Å². The molecule has 0 bridgehead atoms. The van der Waals surface area contributed by atoms with Crippen molar-refractivity contribution in [1.29, 1.82) is 0 Å². The van der Waals surface area contributed by atoms with Crippen LogP contribution in [0, 0.1) is 6.92 Å². The SMILES string of the molecule is Cc1ccc(C(=O)Nc2ccn([C@H]3C[C@H](O)[C@@H](CO)O3)c(=O)n2)cc1. The molecule has 0 radical (unpaired) electrons. The molecule has 1 aromatic carbocycles. The second-order valence-electron chi connectivity index (χ2n) is 5.94. The van der Waals surface area contributed by atoms with E-state index in [4.69, 9.17) is 9.84 Å². The zero-order chi connectivity index (χ0) is 18.0. The van der Waals surface area contributed by atoms with Crippen LogP contribution < -0.4 is 11.0 Å². The average molecular weight is 345 g/mol. The lowest BCUT2D eigenvalue weighted by Gasteiger charge is -2.14. The maximum absolute atomic E-state index is 12.2. The van der Waals surface area contributed by atoms with E-state index in [0.717, 1.165) is 5.56 Å². The molecule has 1 aliphatic heterocycles. The Morgan fingerprint density at radius 3 is 2.68 bits per heavy atom. The molecule has 0 aliphatic carbocycles. The van der Waals surface area contributed by atoms with Crippen molar-refractivity contribution < 1.29 is 19.7 Å². The van der Waals surface area contributed by atoms with E-state index in [1.165, 1.54) is 16.8 Å². The molecule has 1 aliphatic rings. The third-order valence-electron chi connectivity index (χ3n) is 4.08. The number of nitrogens with zero attached hydrogens (tertiary/aromatic N) is 2. The molecule has 1 amide bonds. The Bertz CT molecular complexity index is 818. The summed E-state index contributed by atoms with van der Waals surface area (Å²) < 4.78 is 6.65. The minimum atomic E-state index is -0.845. The molecule has 0 saturated carbocycles. The van der Waals surface area contributed by atoms with Gasteiger partial charge < -0.3 is 20.3 Å². The molecular formula is C17H19N3O5. The Labute approximate surface area is 143 Å². The number of aliphatic hydroxyl groups is 2. The number of ether oxygens (including phenoxy) is 1. The van der Waals surface area contributed by atoms with Crippen LogP contribution in [0.1, 0.15) is 28.6 Å². The fourth-order valence-electron chi connectivity index (χ4n) is 2.65. The van der Waals surface area contributed by atoms with Crippen molar-refractivity contribution in [3.8, 4) is 0 Å². The first-order valence-electron chi connectivity index (χ1n) is 7.89. The number of carbonyl (C=O) groups excluding carboxylic acids is 1. The second-order valence-corrected chi connectivity index (χ2v) is 5.94. The summed E-state index contributed by atoms with van der Waals surface area (Å²) in [6.07, 6.45) is -0.645. The van der Waals surface area contributed by atoms with E-state index in [2.05, 4.69) is 10.3 Å². The molecule has 0 spiro atoms. The van der Waals surface area contributed by atoms with Gasteiger partial charge in [-0.1, -0.05) is 17.7 Å². The Morgan fingerprint density at radius 1 is 1.36 bits per heavy atom. The monoisotopic (exact) mass is 345 g/mol. The Hall–Kier alpha value is -2.55. The lowest BCUT2D eigenvalue weighted by molar-refractivity contribution is -0.0458. The Balaban J connectivity index is 1.73. The summed E-state index contributed by atoms with van der Waals surface area (Å²) >= 11 is 0. The van der Waals surface area contributed by atoms with Crippen molar-refractivity contribution in [3.05, 3.63) is 58.1 Å². The van der Waals surface area contributed by atoms with E-state index >= 15 is 0 Å². The molecule has 8 heteroatoms. The van der Waals surface area contributed by atoms with Gasteiger partial charge in [0.25, 0.3) is 5.91 Å². The molecule has 2 aromatic rings. The molecule has 3 N–H and O–H groups in total. The quantitative estimate of drug-likeness (QED) is 0.741. The predicted molar refractivity (Wildman–Crippen MR) is 89.2 cm³/mol. The summed E-state index contributed by atoms with van der Waals surface area (Å²) in [6, 6.07) is 8.50. The molecule has 3 rings (SSSR count). The largest absolute Gasteiger partial charge is 0.394 e. The van der Waals surface area contributed by atoms with Crippen LogP contribution in [0.2, 0.25) is 0 Å². The minimum Gasteiger partial charge on any atom is -0.394 e. The van der Waals surface area contributed by atoms with Gasteiger partial charge in [-0.25, -0.2) is 4.79 Å². The summed E-state index contributed by atoms with van der Waals surface area (Å²) in [6.45, 7) is 1.59. The molecule has 1 aromatic heterocycles. The van der Waals surface area contributed by atoms with Gasteiger partial charge in [-0.05, 0) is 25.1 Å². The van der Waals surface area contributed by atoms with Crippen molar-refractivity contribution in [2.75, 3.05) is 11.9 Å². The molecule has 25 heavy (non-hydrogen) atoms. The van der Waals surface area contributed by atoms with Crippen LogP contribution in [-0.2, 0) is 4.74 Å². The van der Waals surface area contributed by atoms with Crippen molar-refractivity contribution in [2.24, 2.45) is 0 Å². The first kappa shape index (κ1) is 17.3. The van der Waals surface area contributed by atoms with Crippen LogP contribution in [0.15, 0.2) is 41.3 Å². The fourth-order valence-corrected chi connectivity index (χ4v) is 2.65. The van der Waals surface area contributed by atoms with Crippen LogP contribution in [0.3, 0.4) is 0 Å². The summed E-state index contributed by atoms with van der Waals surface area (Å²) in [5.74, 6) is -0.235. The number of nitrogens with one attached hydrogen (secondary N) is 1. The summed E-state index contributed by atoms with van der Waals surface area (Å²) in [5.41, 5.74) is 0.888. The van der Waals surface area contributed by atoms with Gasteiger partial charge in [-0.15, -0.1) is 0 Å². The Kier molecular flexibility index (Phi) is 4.93. The van der Waals surface area contributed by atoms with Crippen LogP contribution in [0.5, 0.6) is 0 Å². The average Bonchev–Trinajstić information content (AvgIpc) is 2.96. The molecule has 3 atom stereocenters. The van der Waals surface area contributed by atoms with Crippen molar-refractivity contribution >= 4 is 11.7 Å². The highest BCUT2D eigenvalue weighted by molar-refractivity contribution is 6.03. The van der Waals surface area contributed by atoms with E-state index in [1.807, 2.05) is 19.1 Å². The first-order valence-corrected chi connectivity index (χ1v) is 7.89. The molecule has 132 valence electrons. The van der Waals surface area contributed by atoms with E-state index in [1.54, 1.807) is 12.1 Å². The number of aliphatic hydroxyl groups excluding tert-OH is 2. The lowest BCUT2D eigenvalue weighted by Crippen LogP contribution is -2.28. The number of carbonyl (C=O) groups is 1. The highest BCUT2D eigenvalue weighted by atomic mass is 16.5. The van der Waals surface area contributed by atoms with Crippen molar-refractivity contribution in [2.45, 2.75) is 31.8 Å². The highest BCUT2D eigenvalue weighted by Gasteiger charge is 2.34. The minimum absolute atomic E-state index is 0.129. The van der Waals surface area contributed by atoms with E-state index < -0.39 is 24.1 Å². The van der Waals surface area contributed by atoms with Crippen LogP contribution in [0.25, 0.3) is 0 Å². The smallest absolute Gasteiger partial charge is 0.351 e. The number of hydrogen-bond acceptors (Lipinski definition) is 6. The summed E-state index contributed by atoms with van der Waals surface area (Å²) in [5, 5.41) is 21.4. The fraction of sp³-hybridized carbons (Fsp3) is 0.353. The Morgan fingerprint density at radius 2 is 2.08 bits per heavy atom. The van der Waals surface area contributed by atoms with Gasteiger partial charge in [0.05, 0.1) is 12.7 Å². The number of benzene rings is 1. The van der Waals surface area contributed by atoms with E-state index in [0.29, 0.717) is 5.56 Å². The number of aromatic nitrogens is 2. The van der Waals surface area contributed by atoms with Crippen LogP contribution in [0.4, 0.5) is 5.82 Å². The van der Waals surface area contributed by atoms with Gasteiger partial charge in [-0.2, -0.15) is 4.98 Å². The van der Waals surface area contributed by atoms with Gasteiger partial charge >= 0.3 is 5.69 Å². The zero-order valence-corrected chi connectivity index (χ0v) is 13.6. The topological polar surface area (TPSA) is 114 Å². The predicted octanol–water partition coefficient (Wildman–Crippen LogP) is 0.445. The number of hydrogen-bond donors (Lipinski definition) is 3. The standard InChI is InChI=1S/C17H19N3O5/c1-10-2-4-11(5-3-10)16(23)18-14-6-7-20(17(24)19-14)15-8-12(22)13(9-21)25-15/h2-7,12-13,15,21-22H,8-9H2,1H3,(H,18,19,23,24)/t12-,13+,15+/m0/s1. The summed E-state index contributed by atoms with van der Waals surface area (Å²) in [7, 11) is 0. The first-order chi connectivity index (χ1) is 12.0. The third kappa shape index (κ3) is 3.76. The normalized spacial score (nSPS) is 22.8. The van der Waals surface area contributed by atoms with Gasteiger partial charge in [0.15, 0.2) is 0 Å². The third-order valence-corrected chi connectivity index (χ3v) is 4.08. The second kappa shape index (κ2) is 7.14. The van der Waals surface area contributed by atoms with Crippen molar-refractivity contribution in [3.63, 3.8) is 0 Å². The van der Waals surface area contributed by atoms with Gasteiger partial charge in [0.2, 0.25) is 0 Å².